The Morgan fingerprint density at radius 1 is 1.60 bits per heavy atom. The zero-order valence-electron chi connectivity index (χ0n) is 10.6. The number of piperidine rings is 1. The first-order valence-corrected chi connectivity index (χ1v) is 7.11. The topological polar surface area (TPSA) is 106 Å². The minimum Gasteiger partial charge on any atom is -0.480 e. The van der Waals surface area contributed by atoms with Gasteiger partial charge in [-0.15, -0.1) is 0 Å². The van der Waals surface area contributed by atoms with E-state index in [0.29, 0.717) is 23.4 Å². The monoisotopic (exact) mass is 339 g/mol. The number of nitrogens with two attached hydrogens (primary N) is 1. The van der Waals surface area contributed by atoms with E-state index in [0.717, 1.165) is 17.8 Å². The largest absolute Gasteiger partial charge is 0.480 e. The number of aromatic nitrogens is 3. The van der Waals surface area contributed by atoms with E-state index in [9.17, 15) is 4.79 Å². The van der Waals surface area contributed by atoms with Crippen molar-refractivity contribution < 1.29 is 9.90 Å². The Bertz CT molecular complexity index is 671. The van der Waals surface area contributed by atoms with Gasteiger partial charge in [0.15, 0.2) is 5.82 Å². The lowest BCUT2D eigenvalue weighted by Crippen LogP contribution is -2.43. The van der Waals surface area contributed by atoms with Crippen LogP contribution >= 0.6 is 15.9 Å². The second kappa shape index (κ2) is 5.02. The van der Waals surface area contributed by atoms with Gasteiger partial charge in [-0.25, -0.2) is 9.97 Å². The van der Waals surface area contributed by atoms with Crippen molar-refractivity contribution in [2.24, 2.45) is 0 Å². The van der Waals surface area contributed by atoms with E-state index >= 15 is 0 Å². The van der Waals surface area contributed by atoms with Crippen LogP contribution in [0.1, 0.15) is 24.6 Å². The Morgan fingerprint density at radius 2 is 2.40 bits per heavy atom. The fourth-order valence-electron chi connectivity index (χ4n) is 2.67. The molecule has 1 saturated heterocycles. The molecule has 0 bridgehead atoms. The summed E-state index contributed by atoms with van der Waals surface area (Å²) in [5.74, 6) is 0.490. The first-order chi connectivity index (χ1) is 9.58. The highest BCUT2D eigenvalue weighted by atomic mass is 79.9. The maximum atomic E-state index is 11.1. The zero-order valence-corrected chi connectivity index (χ0v) is 12.2. The Kier molecular flexibility index (Phi) is 3.35. The number of carboxylic acid groups (broad SMARTS) is 1. The zero-order chi connectivity index (χ0) is 14.3. The molecule has 0 aliphatic carbocycles. The molecule has 3 heterocycles. The Morgan fingerprint density at radius 3 is 3.15 bits per heavy atom. The molecule has 1 fully saturated rings. The number of rotatable bonds is 2. The average molecular weight is 340 g/mol. The first-order valence-electron chi connectivity index (χ1n) is 6.32. The third kappa shape index (κ3) is 2.14. The van der Waals surface area contributed by atoms with Gasteiger partial charge in [0.25, 0.3) is 0 Å². The lowest BCUT2D eigenvalue weighted by Gasteiger charge is -2.26. The average Bonchev–Trinajstić information content (AvgIpc) is 2.78. The van der Waals surface area contributed by atoms with Gasteiger partial charge in [0.1, 0.15) is 22.0 Å². The van der Waals surface area contributed by atoms with Crippen LogP contribution in [0.2, 0.25) is 0 Å². The number of aliphatic carboxylic acids is 1. The van der Waals surface area contributed by atoms with E-state index in [1.165, 1.54) is 0 Å². The van der Waals surface area contributed by atoms with E-state index in [1.807, 2.05) is 4.40 Å². The molecule has 2 aromatic rings. The number of hydrogen-bond acceptors (Lipinski definition) is 5. The SMILES string of the molecule is Nc1nccn2c(C3CCNC(C(=O)O)C3)nc(Br)c12. The number of nitrogens with one attached hydrogen (secondary N) is 1. The number of halogens is 1. The summed E-state index contributed by atoms with van der Waals surface area (Å²) in [7, 11) is 0. The normalized spacial score (nSPS) is 23.1. The van der Waals surface area contributed by atoms with Crippen molar-refractivity contribution >= 4 is 33.2 Å². The number of hydrogen-bond donors (Lipinski definition) is 3. The van der Waals surface area contributed by atoms with Crippen LogP contribution in [-0.4, -0.2) is 38.0 Å². The van der Waals surface area contributed by atoms with Gasteiger partial charge < -0.3 is 16.2 Å². The number of carboxylic acids is 1. The molecule has 1 aliphatic heterocycles. The standard InChI is InChI=1S/C12H14BrN5O2/c13-9-8-10(14)16-3-4-18(8)11(17-9)6-1-2-15-7(5-6)12(19)20/h3-4,6-7,15H,1-2,5H2,(H2,14,16)(H,19,20). The van der Waals surface area contributed by atoms with E-state index in [1.54, 1.807) is 12.4 Å². The highest BCUT2D eigenvalue weighted by Gasteiger charge is 2.30. The number of carbonyl (C=O) groups is 1. The van der Waals surface area contributed by atoms with Gasteiger partial charge in [-0.2, -0.15) is 0 Å². The van der Waals surface area contributed by atoms with Crippen LogP contribution < -0.4 is 11.1 Å². The molecule has 4 N–H and O–H groups in total. The van der Waals surface area contributed by atoms with Crippen molar-refractivity contribution in [3.63, 3.8) is 0 Å². The Balaban J connectivity index is 2.02. The van der Waals surface area contributed by atoms with E-state index in [4.69, 9.17) is 10.8 Å². The molecule has 0 aromatic carbocycles. The van der Waals surface area contributed by atoms with Crippen molar-refractivity contribution in [3.8, 4) is 0 Å². The van der Waals surface area contributed by atoms with Crippen LogP contribution in [-0.2, 0) is 4.79 Å². The summed E-state index contributed by atoms with van der Waals surface area (Å²) in [5.41, 5.74) is 6.60. The van der Waals surface area contributed by atoms with Crippen LogP contribution in [0.5, 0.6) is 0 Å². The fourth-order valence-corrected chi connectivity index (χ4v) is 3.25. The lowest BCUT2D eigenvalue weighted by molar-refractivity contribution is -0.140. The summed E-state index contributed by atoms with van der Waals surface area (Å²) in [6.07, 6.45) is 4.78. The van der Waals surface area contributed by atoms with Gasteiger partial charge in [-0.1, -0.05) is 0 Å². The van der Waals surface area contributed by atoms with E-state index in [-0.39, 0.29) is 5.92 Å². The lowest BCUT2D eigenvalue weighted by atomic mass is 9.92. The number of fused-ring (bicyclic) bond motifs is 1. The fraction of sp³-hybridized carbons (Fsp3) is 0.417. The molecular formula is C12H14BrN5O2. The summed E-state index contributed by atoms with van der Waals surface area (Å²) in [4.78, 5) is 19.7. The van der Waals surface area contributed by atoms with Crippen LogP contribution in [0.3, 0.4) is 0 Å². The molecule has 1 aliphatic rings. The van der Waals surface area contributed by atoms with Gasteiger partial charge >= 0.3 is 5.97 Å². The highest BCUT2D eigenvalue weighted by Crippen LogP contribution is 2.31. The summed E-state index contributed by atoms with van der Waals surface area (Å²) < 4.78 is 2.53. The third-order valence-electron chi connectivity index (χ3n) is 3.63. The maximum absolute atomic E-state index is 11.1. The van der Waals surface area contributed by atoms with Gasteiger partial charge in [0.05, 0.1) is 0 Å². The van der Waals surface area contributed by atoms with Crippen LogP contribution in [0.4, 0.5) is 5.82 Å². The van der Waals surface area contributed by atoms with E-state index in [2.05, 4.69) is 31.2 Å². The molecule has 7 nitrogen and oxygen atoms in total. The molecule has 2 atom stereocenters. The molecule has 20 heavy (non-hydrogen) atoms. The molecule has 3 rings (SSSR count). The predicted molar refractivity (Wildman–Crippen MR) is 76.5 cm³/mol. The Labute approximate surface area is 123 Å². The molecule has 0 radical (unpaired) electrons. The molecule has 0 spiro atoms. The second-order valence-corrected chi connectivity index (χ2v) is 5.61. The smallest absolute Gasteiger partial charge is 0.320 e. The number of nitrogen functional groups attached to an aromatic ring is 1. The highest BCUT2D eigenvalue weighted by molar-refractivity contribution is 9.10. The van der Waals surface area contributed by atoms with E-state index < -0.39 is 12.0 Å². The third-order valence-corrected chi connectivity index (χ3v) is 4.19. The summed E-state index contributed by atoms with van der Waals surface area (Å²) in [6.45, 7) is 0.661. The molecule has 8 heteroatoms. The number of imidazole rings is 1. The first kappa shape index (κ1) is 13.3. The van der Waals surface area contributed by atoms with Gasteiger partial charge in [-0.05, 0) is 35.3 Å². The molecule has 2 aromatic heterocycles. The van der Waals surface area contributed by atoms with Crippen molar-refractivity contribution in [2.45, 2.75) is 24.8 Å². The summed E-state index contributed by atoms with van der Waals surface area (Å²) in [5, 5.41) is 12.1. The summed E-state index contributed by atoms with van der Waals surface area (Å²) >= 11 is 3.40. The number of nitrogens with zero attached hydrogens (tertiary/aromatic N) is 3. The van der Waals surface area contributed by atoms with Crippen molar-refractivity contribution in [1.29, 1.82) is 0 Å². The predicted octanol–water partition coefficient (Wildman–Crippen LogP) is 0.994. The minimum absolute atomic E-state index is 0.0814. The van der Waals surface area contributed by atoms with Gasteiger partial charge in [-0.3, -0.25) is 9.20 Å². The van der Waals surface area contributed by atoms with Gasteiger partial charge in [0, 0.05) is 18.3 Å². The van der Waals surface area contributed by atoms with Gasteiger partial charge in [0.2, 0.25) is 0 Å². The van der Waals surface area contributed by atoms with Crippen LogP contribution in [0.15, 0.2) is 17.0 Å². The molecular weight excluding hydrogens is 326 g/mol. The summed E-state index contributed by atoms with van der Waals surface area (Å²) in [6, 6.07) is -0.529. The second-order valence-electron chi connectivity index (χ2n) is 4.86. The maximum Gasteiger partial charge on any atom is 0.320 e. The Hall–Kier alpha value is -1.67. The minimum atomic E-state index is -0.823. The molecule has 106 valence electrons. The molecule has 0 amide bonds. The van der Waals surface area contributed by atoms with Crippen LogP contribution in [0, 0.1) is 0 Å². The quantitative estimate of drug-likeness (QED) is 0.753. The van der Waals surface area contributed by atoms with Crippen molar-refractivity contribution in [3.05, 3.63) is 22.8 Å². The van der Waals surface area contributed by atoms with Crippen molar-refractivity contribution in [2.75, 3.05) is 12.3 Å². The molecule has 0 saturated carbocycles. The molecule has 2 unspecified atom stereocenters. The van der Waals surface area contributed by atoms with Crippen LogP contribution in [0.25, 0.3) is 5.52 Å². The number of anilines is 1. The van der Waals surface area contributed by atoms with Crippen molar-refractivity contribution in [1.82, 2.24) is 19.7 Å².